The van der Waals surface area contributed by atoms with E-state index in [1.165, 1.54) is 15.8 Å². The van der Waals surface area contributed by atoms with Crippen molar-refractivity contribution in [3.05, 3.63) is 163 Å². The average Bonchev–Trinajstić information content (AvgIpc) is 3.94. The number of benzene rings is 5. The molecule has 2 amide bonds. The maximum atomic E-state index is 14.6. The van der Waals surface area contributed by atoms with Crippen molar-refractivity contribution in [2.45, 2.75) is 62.3 Å². The summed E-state index contributed by atoms with van der Waals surface area (Å²) in [7, 11) is -3.64. The van der Waals surface area contributed by atoms with Gasteiger partial charge in [0.2, 0.25) is 11.9 Å². The number of carbonyl (C=O) groups is 2. The summed E-state index contributed by atoms with van der Waals surface area (Å²) in [6.07, 6.45) is -1.06. The zero-order valence-corrected chi connectivity index (χ0v) is 43.2. The number of nitrogens with one attached hydrogen (secondary N) is 1. The lowest BCUT2D eigenvalue weighted by Crippen LogP contribution is -2.58. The van der Waals surface area contributed by atoms with E-state index >= 15 is 0 Å². The first kappa shape index (κ1) is 51.4. The van der Waals surface area contributed by atoms with Gasteiger partial charge in [-0.1, -0.05) is 105 Å². The maximum absolute atomic E-state index is 14.6. The molecule has 1 aliphatic heterocycles. The second kappa shape index (κ2) is 21.0. The number of ether oxygens (including phenoxy) is 5. The van der Waals surface area contributed by atoms with Gasteiger partial charge < -0.3 is 33.8 Å². The normalized spacial score (nSPS) is 18.2. The van der Waals surface area contributed by atoms with Gasteiger partial charge in [0.05, 0.1) is 44.6 Å². The number of methoxy groups -OCH3 is 2. The van der Waals surface area contributed by atoms with Crippen molar-refractivity contribution in [3.8, 4) is 17.4 Å². The van der Waals surface area contributed by atoms with E-state index in [4.69, 9.17) is 38.8 Å². The van der Waals surface area contributed by atoms with Crippen LogP contribution in [0.3, 0.4) is 0 Å². The van der Waals surface area contributed by atoms with Crippen LogP contribution in [-0.4, -0.2) is 98.8 Å². The van der Waals surface area contributed by atoms with Crippen LogP contribution in [0, 0.1) is 5.92 Å². The number of aromatic nitrogens is 4. The molecule has 17 nitrogen and oxygen atoms in total. The molecule has 0 radical (unpaired) electrons. The van der Waals surface area contributed by atoms with E-state index in [0.717, 1.165) is 22.9 Å². The smallest absolute Gasteiger partial charge is 0.425 e. The van der Waals surface area contributed by atoms with Crippen LogP contribution in [0.5, 0.6) is 17.4 Å². The molecule has 7 aromatic rings. The second-order valence-corrected chi connectivity index (χ2v) is 25.4. The molecule has 19 heteroatoms. The van der Waals surface area contributed by atoms with Crippen LogP contribution in [0.1, 0.15) is 36.8 Å². The van der Waals surface area contributed by atoms with Crippen molar-refractivity contribution < 1.29 is 46.1 Å². The van der Waals surface area contributed by atoms with Gasteiger partial charge in [-0.25, -0.2) is 23.1 Å². The van der Waals surface area contributed by atoms with Gasteiger partial charge in [-0.2, -0.15) is 9.97 Å². The maximum Gasteiger partial charge on any atom is 0.425 e. The molecule has 1 fully saturated rings. The summed E-state index contributed by atoms with van der Waals surface area (Å²) in [5.74, 6) is -0.229. The lowest BCUT2D eigenvalue weighted by Gasteiger charge is -2.42. The zero-order chi connectivity index (χ0) is 51.4. The Bertz CT molecular complexity index is 3020. The third kappa shape index (κ3) is 10.5. The number of imidazole rings is 1. The molecule has 0 unspecified atom stereocenters. The fourth-order valence-electron chi connectivity index (χ4n) is 8.77. The highest BCUT2D eigenvalue weighted by Gasteiger charge is 2.62. The Morgan fingerprint density at radius 1 is 0.806 bits per heavy atom. The van der Waals surface area contributed by atoms with Crippen LogP contribution in [0.2, 0.25) is 19.6 Å². The van der Waals surface area contributed by atoms with Crippen molar-refractivity contribution in [2.24, 2.45) is 11.7 Å². The number of fused-ring (bicyclic) bond motifs is 1. The van der Waals surface area contributed by atoms with Gasteiger partial charge in [0, 0.05) is 18.7 Å². The molecule has 1 saturated heterocycles. The number of anilines is 3. The SMILES string of the molecule is COc1ccc(C(OC[C@@]2(CN)O[C@@H](n3cnc4c(OC(=O)N(c5ccccc5)c5ccccc5)nc(NC(=O)C(C)C)nc43)[C@H](S(C)(=O)=O)[C@@H]2O[Si](C)(C)C)(c2ccccc2)c2ccc(OC)cc2)cc1. The highest BCUT2D eigenvalue weighted by atomic mass is 32.2. The predicted octanol–water partition coefficient (Wildman–Crippen LogP) is 8.64. The third-order valence-electron chi connectivity index (χ3n) is 12.3. The molecule has 4 atom stereocenters. The van der Waals surface area contributed by atoms with Crippen molar-refractivity contribution >= 4 is 58.6 Å². The Kier molecular flexibility index (Phi) is 15.0. The van der Waals surface area contributed by atoms with E-state index < -0.39 is 64.9 Å². The number of amides is 2. The summed E-state index contributed by atoms with van der Waals surface area (Å²) in [6, 6.07) is 42.4. The lowest BCUT2D eigenvalue weighted by molar-refractivity contribution is -0.152. The third-order valence-corrected chi connectivity index (χ3v) is 14.7. The molecule has 5 aromatic carbocycles. The first-order chi connectivity index (χ1) is 34.4. The summed E-state index contributed by atoms with van der Waals surface area (Å²) in [5.41, 5.74) is 6.98. The van der Waals surface area contributed by atoms with Gasteiger partial charge in [-0.15, -0.1) is 0 Å². The molecule has 1 aliphatic rings. The molecule has 0 saturated carbocycles. The van der Waals surface area contributed by atoms with Crippen LogP contribution in [0.25, 0.3) is 11.2 Å². The van der Waals surface area contributed by atoms with E-state index in [0.29, 0.717) is 22.9 Å². The summed E-state index contributed by atoms with van der Waals surface area (Å²) in [6.45, 7) is 8.67. The van der Waals surface area contributed by atoms with Crippen LogP contribution in [0.15, 0.2) is 146 Å². The average molecular weight is 1010 g/mol. The number of para-hydroxylation sites is 2. The lowest BCUT2D eigenvalue weighted by atomic mass is 9.79. The predicted molar refractivity (Wildman–Crippen MR) is 277 cm³/mol. The quantitative estimate of drug-likeness (QED) is 0.0609. The van der Waals surface area contributed by atoms with Gasteiger partial charge in [0.1, 0.15) is 28.0 Å². The Hall–Kier alpha value is -7.00. The summed E-state index contributed by atoms with van der Waals surface area (Å²) >= 11 is 0. The molecule has 72 heavy (non-hydrogen) atoms. The molecular formula is C53H59N7O10SSi. The number of nitrogens with two attached hydrogens (primary N) is 1. The van der Waals surface area contributed by atoms with Crippen LogP contribution in [-0.2, 0) is 34.1 Å². The minimum Gasteiger partial charge on any atom is -0.497 e. The molecule has 2 aromatic heterocycles. The van der Waals surface area contributed by atoms with Gasteiger partial charge in [-0.3, -0.25) is 14.7 Å². The zero-order valence-electron chi connectivity index (χ0n) is 41.4. The highest BCUT2D eigenvalue weighted by molar-refractivity contribution is 7.91. The Labute approximate surface area is 420 Å². The first-order valence-electron chi connectivity index (χ1n) is 23.3. The summed E-state index contributed by atoms with van der Waals surface area (Å²) in [5, 5.41) is 1.27. The molecule has 376 valence electrons. The molecule has 0 spiro atoms. The number of carbonyl (C=O) groups excluding carboxylic acids is 2. The Balaban J connectivity index is 1.29. The number of hydrogen-bond acceptors (Lipinski definition) is 14. The number of rotatable bonds is 18. The van der Waals surface area contributed by atoms with Crippen LogP contribution in [0.4, 0.5) is 22.1 Å². The van der Waals surface area contributed by atoms with Crippen molar-refractivity contribution in [1.29, 1.82) is 0 Å². The molecule has 8 rings (SSSR count). The topological polar surface area (TPSA) is 209 Å². The van der Waals surface area contributed by atoms with E-state index in [2.05, 4.69) is 15.3 Å². The largest absolute Gasteiger partial charge is 0.497 e. The van der Waals surface area contributed by atoms with Crippen LogP contribution >= 0.6 is 0 Å². The van der Waals surface area contributed by atoms with Crippen molar-refractivity contribution in [3.63, 3.8) is 0 Å². The van der Waals surface area contributed by atoms with Gasteiger partial charge in [0.15, 0.2) is 35.5 Å². The van der Waals surface area contributed by atoms with E-state index in [-0.39, 0.29) is 36.1 Å². The fraction of sp³-hybridized carbons (Fsp3) is 0.302. The summed E-state index contributed by atoms with van der Waals surface area (Å²) in [4.78, 5) is 42.9. The highest BCUT2D eigenvalue weighted by Crippen LogP contribution is 2.48. The standard InChI is InChI=1S/C53H59N7O10SSi/c1-35(2)47(61)57-50-56-46-43(48(58-50)68-51(62)60(39-20-14-10-15-21-39)40-22-16-11-17-23-40)55-34-59(46)49-44(71(5,63)64)45(70-72(6,7)8)52(32-54,69-49)33-67-53(36-18-12-9-13-19-36,37-24-28-41(65-3)29-25-37)38-26-30-42(66-4)31-27-38/h9-31,34-35,44-45,49H,32-33,54H2,1-8H3,(H,56,57,58,61)/t44-,45+,49-,52-/m1/s1. The molecule has 0 bridgehead atoms. The first-order valence-corrected chi connectivity index (χ1v) is 28.7. The summed E-state index contributed by atoms with van der Waals surface area (Å²) < 4.78 is 69.3. The number of sulfone groups is 1. The van der Waals surface area contributed by atoms with Crippen molar-refractivity contribution in [1.82, 2.24) is 19.5 Å². The fourth-order valence-corrected chi connectivity index (χ4v) is 11.4. The van der Waals surface area contributed by atoms with E-state index in [1.807, 2.05) is 111 Å². The second-order valence-electron chi connectivity index (χ2n) is 18.7. The van der Waals surface area contributed by atoms with Crippen LogP contribution < -0.4 is 30.2 Å². The number of nitrogens with zero attached hydrogens (tertiary/aromatic N) is 5. The van der Waals surface area contributed by atoms with Gasteiger partial charge in [0.25, 0.3) is 5.88 Å². The minimum atomic E-state index is -4.14. The van der Waals surface area contributed by atoms with E-state index in [9.17, 15) is 18.0 Å². The molecule has 0 aliphatic carbocycles. The van der Waals surface area contributed by atoms with Crippen molar-refractivity contribution in [2.75, 3.05) is 43.8 Å². The Morgan fingerprint density at radius 2 is 1.32 bits per heavy atom. The Morgan fingerprint density at radius 3 is 1.79 bits per heavy atom. The monoisotopic (exact) mass is 1010 g/mol. The van der Waals surface area contributed by atoms with Gasteiger partial charge >= 0.3 is 6.09 Å². The number of hydrogen-bond donors (Lipinski definition) is 2. The minimum absolute atomic E-state index is 0.0212. The molecule has 3 heterocycles. The molecular weight excluding hydrogens is 955 g/mol. The van der Waals surface area contributed by atoms with E-state index in [1.54, 1.807) is 76.6 Å². The van der Waals surface area contributed by atoms with Gasteiger partial charge in [-0.05, 0) is 84.9 Å². The molecule has 3 N–H and O–H groups in total.